The number of rotatable bonds is 7. The van der Waals surface area contributed by atoms with Crippen molar-refractivity contribution in [2.75, 3.05) is 25.5 Å². The third-order valence-corrected chi connectivity index (χ3v) is 3.64. The van der Waals surface area contributed by atoms with Gasteiger partial charge in [0.1, 0.15) is 11.5 Å². The number of nitrogens with zero attached hydrogens (tertiary/aromatic N) is 2. The predicted molar refractivity (Wildman–Crippen MR) is 108 cm³/mol. The SMILES string of the molecule is CCNc1nc(C#CCCNC(=O)NCc2cccnc2)ccc1C(=O)NC. The van der Waals surface area contributed by atoms with E-state index >= 15 is 0 Å². The molecule has 0 spiro atoms. The Labute approximate surface area is 164 Å². The Kier molecular flexibility index (Phi) is 8.27. The average molecular weight is 380 g/mol. The van der Waals surface area contributed by atoms with Gasteiger partial charge in [0.05, 0.1) is 5.56 Å². The molecular formula is C20H24N6O2. The Bertz CT molecular complexity index is 858. The number of anilines is 1. The van der Waals surface area contributed by atoms with Crippen molar-refractivity contribution in [2.24, 2.45) is 0 Å². The van der Waals surface area contributed by atoms with Crippen LogP contribution in [0.2, 0.25) is 0 Å². The van der Waals surface area contributed by atoms with E-state index in [4.69, 9.17) is 0 Å². The highest BCUT2D eigenvalue weighted by Crippen LogP contribution is 2.13. The van der Waals surface area contributed by atoms with Gasteiger partial charge in [0.2, 0.25) is 0 Å². The van der Waals surface area contributed by atoms with Crippen LogP contribution in [0.1, 0.15) is 35.0 Å². The molecule has 2 aromatic heterocycles. The van der Waals surface area contributed by atoms with Gasteiger partial charge in [0.25, 0.3) is 5.91 Å². The summed E-state index contributed by atoms with van der Waals surface area (Å²) >= 11 is 0. The summed E-state index contributed by atoms with van der Waals surface area (Å²) in [7, 11) is 1.58. The number of urea groups is 1. The average Bonchev–Trinajstić information content (AvgIpc) is 2.72. The van der Waals surface area contributed by atoms with Crippen LogP contribution in [-0.4, -0.2) is 42.0 Å². The minimum absolute atomic E-state index is 0.204. The summed E-state index contributed by atoms with van der Waals surface area (Å²) in [4.78, 5) is 32.0. The van der Waals surface area contributed by atoms with Gasteiger partial charge < -0.3 is 21.3 Å². The Balaban J connectivity index is 1.81. The summed E-state index contributed by atoms with van der Waals surface area (Å²) in [6.45, 7) is 3.41. The van der Waals surface area contributed by atoms with Crippen LogP contribution in [0.25, 0.3) is 0 Å². The summed E-state index contributed by atoms with van der Waals surface area (Å²) in [6, 6.07) is 6.85. The molecule has 4 N–H and O–H groups in total. The molecule has 0 bridgehead atoms. The standard InChI is InChI=1S/C20H24N6O2/c1-3-23-18-17(19(27)21-2)10-9-16(26-18)8-4-5-12-24-20(28)25-14-15-7-6-11-22-13-15/h6-7,9-11,13H,3,5,12,14H2,1-2H3,(H,21,27)(H,23,26)(H2,24,25,28). The maximum absolute atomic E-state index is 11.9. The Morgan fingerprint density at radius 1 is 1.18 bits per heavy atom. The fourth-order valence-electron chi connectivity index (χ4n) is 2.29. The number of amides is 3. The van der Waals surface area contributed by atoms with Crippen molar-refractivity contribution in [3.63, 3.8) is 0 Å². The molecule has 2 heterocycles. The molecule has 0 fully saturated rings. The predicted octanol–water partition coefficient (Wildman–Crippen LogP) is 1.51. The number of hydrogen-bond acceptors (Lipinski definition) is 5. The van der Waals surface area contributed by atoms with Gasteiger partial charge in [0.15, 0.2) is 0 Å². The topological polar surface area (TPSA) is 108 Å². The Morgan fingerprint density at radius 3 is 2.75 bits per heavy atom. The van der Waals surface area contributed by atoms with Crippen LogP contribution < -0.4 is 21.3 Å². The molecule has 0 saturated heterocycles. The van der Waals surface area contributed by atoms with E-state index in [1.54, 1.807) is 31.6 Å². The van der Waals surface area contributed by atoms with Crippen molar-refractivity contribution in [3.05, 3.63) is 53.5 Å². The summed E-state index contributed by atoms with van der Waals surface area (Å²) in [6.07, 6.45) is 3.87. The van der Waals surface area contributed by atoms with Crippen LogP contribution in [0, 0.1) is 11.8 Å². The Hall–Kier alpha value is -3.60. The van der Waals surface area contributed by atoms with Crippen LogP contribution in [0.5, 0.6) is 0 Å². The second kappa shape index (κ2) is 11.2. The molecule has 0 aliphatic heterocycles. The van der Waals surface area contributed by atoms with Crippen molar-refractivity contribution in [2.45, 2.75) is 19.9 Å². The maximum atomic E-state index is 11.9. The lowest BCUT2D eigenvalue weighted by atomic mass is 10.2. The second-order valence-electron chi connectivity index (χ2n) is 5.72. The number of carbonyl (C=O) groups is 2. The molecule has 3 amide bonds. The molecule has 8 heteroatoms. The number of aromatic nitrogens is 2. The number of carbonyl (C=O) groups excluding carboxylic acids is 2. The first-order valence-corrected chi connectivity index (χ1v) is 9.00. The lowest BCUT2D eigenvalue weighted by molar-refractivity contribution is 0.0963. The third kappa shape index (κ3) is 6.61. The van der Waals surface area contributed by atoms with Crippen molar-refractivity contribution in [3.8, 4) is 11.8 Å². The van der Waals surface area contributed by atoms with Crippen molar-refractivity contribution in [1.82, 2.24) is 25.9 Å². The van der Waals surface area contributed by atoms with E-state index in [2.05, 4.69) is 43.1 Å². The van der Waals surface area contributed by atoms with Crippen molar-refractivity contribution >= 4 is 17.8 Å². The van der Waals surface area contributed by atoms with Crippen LogP contribution >= 0.6 is 0 Å². The molecule has 0 aromatic carbocycles. The summed E-state index contributed by atoms with van der Waals surface area (Å²) in [5.41, 5.74) is 1.96. The fraction of sp³-hybridized carbons (Fsp3) is 0.300. The molecule has 0 aliphatic carbocycles. The molecule has 0 saturated carbocycles. The summed E-state index contributed by atoms with van der Waals surface area (Å²) in [5.74, 6) is 6.21. The molecule has 0 aliphatic rings. The zero-order valence-corrected chi connectivity index (χ0v) is 16.0. The first-order chi connectivity index (χ1) is 13.6. The molecule has 2 aromatic rings. The van der Waals surface area contributed by atoms with Crippen LogP contribution in [0.4, 0.5) is 10.6 Å². The van der Waals surface area contributed by atoms with E-state index in [9.17, 15) is 9.59 Å². The summed E-state index contributed by atoms with van der Waals surface area (Å²) in [5, 5.41) is 11.2. The quantitative estimate of drug-likeness (QED) is 0.430. The maximum Gasteiger partial charge on any atom is 0.315 e. The highest BCUT2D eigenvalue weighted by atomic mass is 16.2. The monoisotopic (exact) mass is 380 g/mol. The molecule has 0 atom stereocenters. The van der Waals surface area contributed by atoms with E-state index < -0.39 is 0 Å². The molecule has 8 nitrogen and oxygen atoms in total. The van der Waals surface area contributed by atoms with Crippen LogP contribution in [0.3, 0.4) is 0 Å². The lowest BCUT2D eigenvalue weighted by Crippen LogP contribution is -2.35. The van der Waals surface area contributed by atoms with Crippen LogP contribution in [0.15, 0.2) is 36.7 Å². The van der Waals surface area contributed by atoms with Gasteiger partial charge in [-0.15, -0.1) is 0 Å². The zero-order valence-electron chi connectivity index (χ0n) is 16.0. The van der Waals surface area contributed by atoms with E-state index in [-0.39, 0.29) is 11.9 Å². The van der Waals surface area contributed by atoms with Gasteiger partial charge in [-0.05, 0) is 36.6 Å². The van der Waals surface area contributed by atoms with Gasteiger partial charge >= 0.3 is 6.03 Å². The molecule has 2 rings (SSSR count). The van der Waals surface area contributed by atoms with Gasteiger partial charge in [-0.1, -0.05) is 12.0 Å². The lowest BCUT2D eigenvalue weighted by Gasteiger charge is -2.08. The zero-order chi connectivity index (χ0) is 20.2. The largest absolute Gasteiger partial charge is 0.370 e. The van der Waals surface area contributed by atoms with E-state index in [1.807, 2.05) is 19.1 Å². The molecule has 28 heavy (non-hydrogen) atoms. The minimum Gasteiger partial charge on any atom is -0.370 e. The molecular weight excluding hydrogens is 356 g/mol. The van der Waals surface area contributed by atoms with Gasteiger partial charge in [-0.3, -0.25) is 9.78 Å². The first-order valence-electron chi connectivity index (χ1n) is 9.00. The molecule has 146 valence electrons. The van der Waals surface area contributed by atoms with E-state index in [1.165, 1.54) is 0 Å². The number of hydrogen-bond donors (Lipinski definition) is 4. The van der Waals surface area contributed by atoms with E-state index in [0.29, 0.717) is 43.1 Å². The molecule has 0 unspecified atom stereocenters. The minimum atomic E-state index is -0.256. The Morgan fingerprint density at radius 2 is 2.04 bits per heavy atom. The second-order valence-corrected chi connectivity index (χ2v) is 5.72. The molecule has 0 radical (unpaired) electrons. The smallest absolute Gasteiger partial charge is 0.315 e. The summed E-state index contributed by atoms with van der Waals surface area (Å²) < 4.78 is 0. The normalized spacial score (nSPS) is 9.64. The van der Waals surface area contributed by atoms with Gasteiger partial charge in [-0.2, -0.15) is 0 Å². The number of pyridine rings is 2. The van der Waals surface area contributed by atoms with Crippen molar-refractivity contribution < 1.29 is 9.59 Å². The highest BCUT2D eigenvalue weighted by molar-refractivity contribution is 5.98. The van der Waals surface area contributed by atoms with E-state index in [0.717, 1.165) is 5.56 Å². The number of nitrogens with one attached hydrogen (secondary N) is 4. The van der Waals surface area contributed by atoms with Gasteiger partial charge in [0, 0.05) is 45.5 Å². The third-order valence-electron chi connectivity index (χ3n) is 3.64. The highest BCUT2D eigenvalue weighted by Gasteiger charge is 2.11. The van der Waals surface area contributed by atoms with Crippen LogP contribution in [-0.2, 0) is 6.54 Å². The van der Waals surface area contributed by atoms with Gasteiger partial charge in [-0.25, -0.2) is 9.78 Å². The fourth-order valence-corrected chi connectivity index (χ4v) is 2.29. The van der Waals surface area contributed by atoms with Crippen molar-refractivity contribution in [1.29, 1.82) is 0 Å². The first kappa shape index (κ1) is 20.7.